The fraction of sp³-hybridized carbons (Fsp3) is 0.938. The van der Waals surface area contributed by atoms with Crippen molar-refractivity contribution in [3.63, 3.8) is 0 Å². The second-order valence-electron chi connectivity index (χ2n) is 5.72. The third-order valence-electron chi connectivity index (χ3n) is 3.76. The Morgan fingerprint density at radius 2 is 1.38 bits per heavy atom. The van der Waals surface area contributed by atoms with Crippen molar-refractivity contribution in [2.75, 3.05) is 6.61 Å². The SMILES string of the molecule is CCCCCCCCCCCCOC(=O)C(CC)N(N)N. The monoisotopic (exact) mass is 301 g/mol. The molecule has 0 aliphatic carbocycles. The van der Waals surface area contributed by atoms with Crippen LogP contribution in [0.15, 0.2) is 0 Å². The molecule has 0 aliphatic heterocycles. The summed E-state index contributed by atoms with van der Waals surface area (Å²) in [4.78, 5) is 11.7. The lowest BCUT2D eigenvalue weighted by atomic mass is 10.1. The quantitative estimate of drug-likeness (QED) is 0.223. The van der Waals surface area contributed by atoms with E-state index in [1.165, 1.54) is 51.4 Å². The molecule has 0 spiro atoms. The van der Waals surface area contributed by atoms with Crippen molar-refractivity contribution < 1.29 is 9.53 Å². The molecule has 4 N–H and O–H groups in total. The van der Waals surface area contributed by atoms with Crippen LogP contribution in [-0.4, -0.2) is 23.7 Å². The maximum atomic E-state index is 11.7. The molecule has 0 aliphatic rings. The second kappa shape index (κ2) is 14.3. The Hall–Kier alpha value is -0.650. The van der Waals surface area contributed by atoms with Crippen molar-refractivity contribution in [1.29, 1.82) is 0 Å². The van der Waals surface area contributed by atoms with E-state index in [1.807, 2.05) is 6.92 Å². The summed E-state index contributed by atoms with van der Waals surface area (Å²) in [6.45, 7) is 4.58. The van der Waals surface area contributed by atoms with Crippen molar-refractivity contribution >= 4 is 5.97 Å². The predicted molar refractivity (Wildman–Crippen MR) is 87.1 cm³/mol. The fourth-order valence-electron chi connectivity index (χ4n) is 2.36. The largest absolute Gasteiger partial charge is 0.464 e. The molecule has 0 amide bonds. The van der Waals surface area contributed by atoms with Gasteiger partial charge in [-0.3, -0.25) is 16.5 Å². The minimum atomic E-state index is -0.534. The fourth-order valence-corrected chi connectivity index (χ4v) is 2.36. The Labute approximate surface area is 130 Å². The lowest BCUT2D eigenvalue weighted by Gasteiger charge is -2.19. The summed E-state index contributed by atoms with van der Waals surface area (Å²) < 4.78 is 5.19. The predicted octanol–water partition coefficient (Wildman–Crippen LogP) is 3.28. The van der Waals surface area contributed by atoms with Crippen molar-refractivity contribution in [3.8, 4) is 0 Å². The molecule has 1 atom stereocenters. The van der Waals surface area contributed by atoms with Gasteiger partial charge in [0.1, 0.15) is 6.04 Å². The molecule has 5 nitrogen and oxygen atoms in total. The normalized spacial score (nSPS) is 12.6. The highest BCUT2D eigenvalue weighted by molar-refractivity contribution is 5.75. The van der Waals surface area contributed by atoms with Gasteiger partial charge in [0, 0.05) is 0 Å². The third-order valence-corrected chi connectivity index (χ3v) is 3.76. The van der Waals surface area contributed by atoms with Gasteiger partial charge in [-0.2, -0.15) is 5.12 Å². The van der Waals surface area contributed by atoms with Crippen LogP contribution in [0.5, 0.6) is 0 Å². The van der Waals surface area contributed by atoms with E-state index < -0.39 is 6.04 Å². The molecule has 0 fully saturated rings. The maximum Gasteiger partial charge on any atom is 0.326 e. The maximum absolute atomic E-state index is 11.7. The number of nitrogens with two attached hydrogens (primary N) is 2. The van der Waals surface area contributed by atoms with Crippen LogP contribution >= 0.6 is 0 Å². The first kappa shape index (κ1) is 20.3. The molecule has 1 unspecified atom stereocenters. The Morgan fingerprint density at radius 3 is 1.81 bits per heavy atom. The number of nitrogens with zero attached hydrogens (tertiary/aromatic N) is 1. The molecule has 0 rings (SSSR count). The van der Waals surface area contributed by atoms with Crippen LogP contribution in [0.3, 0.4) is 0 Å². The summed E-state index contributed by atoms with van der Waals surface area (Å²) >= 11 is 0. The van der Waals surface area contributed by atoms with Crippen LogP contribution in [-0.2, 0) is 9.53 Å². The van der Waals surface area contributed by atoms with Gasteiger partial charge in [0.05, 0.1) is 6.61 Å². The van der Waals surface area contributed by atoms with Gasteiger partial charge in [-0.25, -0.2) is 0 Å². The van der Waals surface area contributed by atoms with Gasteiger partial charge in [0.2, 0.25) is 0 Å². The van der Waals surface area contributed by atoms with E-state index in [1.54, 1.807) is 0 Å². The Morgan fingerprint density at radius 1 is 0.905 bits per heavy atom. The summed E-state index contributed by atoms with van der Waals surface area (Å²) in [5.41, 5.74) is 0. The number of rotatable bonds is 14. The van der Waals surface area contributed by atoms with E-state index in [0.29, 0.717) is 13.0 Å². The average molecular weight is 301 g/mol. The van der Waals surface area contributed by atoms with Gasteiger partial charge in [0.15, 0.2) is 0 Å². The number of hydrogen-bond acceptors (Lipinski definition) is 5. The standard InChI is InChI=1S/C16H35N3O2/c1-3-5-6-7-8-9-10-11-12-13-14-21-16(20)15(4-2)19(17)18/h15H,3-14,17-18H2,1-2H3. The number of hydrazine groups is 2. The molecule has 0 heterocycles. The number of carbonyl (C=O) groups excluding carboxylic acids is 1. The number of hydrogen-bond donors (Lipinski definition) is 2. The van der Waals surface area contributed by atoms with Crippen LogP contribution in [0, 0.1) is 0 Å². The summed E-state index contributed by atoms with van der Waals surface area (Å²) in [6, 6.07) is -0.534. The number of unbranched alkanes of at least 4 members (excludes halogenated alkanes) is 9. The summed E-state index contributed by atoms with van der Waals surface area (Å²) in [5.74, 6) is 10.5. The van der Waals surface area contributed by atoms with Crippen molar-refractivity contribution in [2.24, 2.45) is 11.7 Å². The first-order valence-corrected chi connectivity index (χ1v) is 8.58. The van der Waals surface area contributed by atoms with Crippen LogP contribution in [0.4, 0.5) is 0 Å². The smallest absolute Gasteiger partial charge is 0.326 e. The van der Waals surface area contributed by atoms with E-state index in [9.17, 15) is 4.79 Å². The van der Waals surface area contributed by atoms with E-state index in [2.05, 4.69) is 6.92 Å². The molecule has 0 aromatic rings. The molecule has 0 saturated heterocycles. The average Bonchev–Trinajstić information content (AvgIpc) is 2.45. The molecule has 0 aromatic carbocycles. The summed E-state index contributed by atoms with van der Waals surface area (Å²) in [5, 5.41) is 0.931. The number of ether oxygens (including phenoxy) is 1. The molecule has 0 bridgehead atoms. The summed E-state index contributed by atoms with van der Waals surface area (Å²) in [6.07, 6.45) is 13.2. The van der Waals surface area contributed by atoms with Gasteiger partial charge in [0.25, 0.3) is 0 Å². The minimum absolute atomic E-state index is 0.321. The van der Waals surface area contributed by atoms with E-state index >= 15 is 0 Å². The van der Waals surface area contributed by atoms with Crippen molar-refractivity contribution in [2.45, 2.75) is 90.5 Å². The molecule has 5 heteroatoms. The lowest BCUT2D eigenvalue weighted by Crippen LogP contribution is -2.50. The van der Waals surface area contributed by atoms with Gasteiger partial charge in [-0.15, -0.1) is 0 Å². The minimum Gasteiger partial charge on any atom is -0.464 e. The lowest BCUT2D eigenvalue weighted by molar-refractivity contribution is -0.150. The van der Waals surface area contributed by atoms with Crippen molar-refractivity contribution in [3.05, 3.63) is 0 Å². The molecule has 126 valence electrons. The topological polar surface area (TPSA) is 81.6 Å². The van der Waals surface area contributed by atoms with Gasteiger partial charge in [-0.1, -0.05) is 71.6 Å². The molecule has 0 saturated carbocycles. The van der Waals surface area contributed by atoms with Crippen LogP contribution in [0.1, 0.15) is 84.5 Å². The number of esters is 1. The van der Waals surface area contributed by atoms with E-state index in [-0.39, 0.29) is 5.97 Å². The highest BCUT2D eigenvalue weighted by Gasteiger charge is 2.20. The number of carbonyl (C=O) groups is 1. The highest BCUT2D eigenvalue weighted by Crippen LogP contribution is 2.10. The third kappa shape index (κ3) is 11.7. The van der Waals surface area contributed by atoms with Crippen LogP contribution in [0.25, 0.3) is 0 Å². The van der Waals surface area contributed by atoms with Crippen molar-refractivity contribution in [1.82, 2.24) is 5.12 Å². The van der Waals surface area contributed by atoms with E-state index in [0.717, 1.165) is 18.0 Å². The Bertz CT molecular complexity index is 248. The summed E-state index contributed by atoms with van der Waals surface area (Å²) in [7, 11) is 0. The van der Waals surface area contributed by atoms with Crippen LogP contribution in [0.2, 0.25) is 0 Å². The zero-order valence-electron chi connectivity index (χ0n) is 14.0. The Kier molecular flexibility index (Phi) is 13.9. The first-order valence-electron chi connectivity index (χ1n) is 8.58. The van der Waals surface area contributed by atoms with Crippen LogP contribution < -0.4 is 11.7 Å². The molecule has 0 radical (unpaired) electrons. The second-order valence-corrected chi connectivity index (χ2v) is 5.72. The van der Waals surface area contributed by atoms with E-state index in [4.69, 9.17) is 16.4 Å². The van der Waals surface area contributed by atoms with Gasteiger partial charge < -0.3 is 4.74 Å². The molecule has 21 heavy (non-hydrogen) atoms. The zero-order chi connectivity index (χ0) is 15.9. The Balaban J connectivity index is 3.34. The zero-order valence-corrected chi connectivity index (χ0v) is 14.0. The van der Waals surface area contributed by atoms with Gasteiger partial charge in [-0.05, 0) is 12.8 Å². The molecule has 0 aromatic heterocycles. The first-order chi connectivity index (χ1) is 10.1. The van der Waals surface area contributed by atoms with Gasteiger partial charge >= 0.3 is 5.97 Å². The highest BCUT2D eigenvalue weighted by atomic mass is 16.5. The molecular formula is C16H35N3O2. The molecular weight excluding hydrogens is 266 g/mol.